The smallest absolute Gasteiger partial charge is 0.247 e. The number of aryl methyl sites for hydroxylation is 1. The van der Waals surface area contributed by atoms with Crippen LogP contribution in [0.5, 0.6) is 0 Å². The van der Waals surface area contributed by atoms with E-state index in [9.17, 15) is 4.79 Å². The van der Waals surface area contributed by atoms with Crippen molar-refractivity contribution in [3.8, 4) is 0 Å². The van der Waals surface area contributed by atoms with E-state index < -0.39 is 0 Å². The van der Waals surface area contributed by atoms with E-state index in [1.165, 1.54) is 4.68 Å². The van der Waals surface area contributed by atoms with E-state index >= 15 is 0 Å². The highest BCUT2D eigenvalue weighted by Crippen LogP contribution is 2.12. The van der Waals surface area contributed by atoms with Gasteiger partial charge in [-0.3, -0.25) is 4.79 Å². The fourth-order valence-electron chi connectivity index (χ4n) is 1.50. The summed E-state index contributed by atoms with van der Waals surface area (Å²) in [6.45, 7) is 0. The van der Waals surface area contributed by atoms with E-state index in [1.54, 1.807) is 6.20 Å². The quantitative estimate of drug-likeness (QED) is 0.872. The molecule has 0 unspecified atom stereocenters. The van der Waals surface area contributed by atoms with Crippen molar-refractivity contribution in [1.82, 2.24) is 9.78 Å². The molecule has 0 aliphatic carbocycles. The van der Waals surface area contributed by atoms with Crippen LogP contribution in [0.2, 0.25) is 0 Å². The molecule has 4 nitrogen and oxygen atoms in total. The molecule has 0 spiro atoms. The topological polar surface area (TPSA) is 60.9 Å². The van der Waals surface area contributed by atoms with Crippen LogP contribution in [0, 0.1) is 3.57 Å². The number of anilines is 1. The lowest BCUT2D eigenvalue weighted by Crippen LogP contribution is -2.12. The van der Waals surface area contributed by atoms with E-state index in [0.717, 1.165) is 15.6 Å². The van der Waals surface area contributed by atoms with E-state index in [1.807, 2.05) is 30.3 Å². The number of benzene rings is 1. The molecule has 0 atom stereocenters. The number of aromatic nitrogens is 2. The fourth-order valence-corrected chi connectivity index (χ4v) is 1.88. The molecule has 2 N–H and O–H groups in total. The summed E-state index contributed by atoms with van der Waals surface area (Å²) in [5, 5.41) is 3.96. The molecule has 2 aromatic rings. The van der Waals surface area contributed by atoms with Crippen molar-refractivity contribution in [2.45, 2.75) is 12.8 Å². The zero-order valence-electron chi connectivity index (χ0n) is 9.14. The first kappa shape index (κ1) is 12.1. The fraction of sp³-hybridized carbons (Fsp3) is 0.167. The van der Waals surface area contributed by atoms with Gasteiger partial charge in [0.1, 0.15) is 0 Å². The summed E-state index contributed by atoms with van der Waals surface area (Å²) in [6, 6.07) is 9.91. The normalized spacial score (nSPS) is 10.4. The second-order valence-corrected chi connectivity index (χ2v) is 4.85. The maximum atomic E-state index is 11.8. The predicted molar refractivity (Wildman–Crippen MR) is 74.7 cm³/mol. The maximum Gasteiger partial charge on any atom is 0.247 e. The number of rotatable bonds is 3. The summed E-state index contributed by atoms with van der Waals surface area (Å²) in [5.74, 6) is 0.363. The molecule has 0 saturated carbocycles. The van der Waals surface area contributed by atoms with Crippen molar-refractivity contribution in [2.75, 3.05) is 5.73 Å². The number of halogens is 1. The molecule has 17 heavy (non-hydrogen) atoms. The van der Waals surface area contributed by atoms with Gasteiger partial charge in [-0.15, -0.1) is 5.10 Å². The van der Waals surface area contributed by atoms with Crippen molar-refractivity contribution in [3.05, 3.63) is 45.7 Å². The molecule has 1 aromatic heterocycles. The molecular formula is C12H12IN3O. The Morgan fingerprint density at radius 3 is 2.65 bits per heavy atom. The van der Waals surface area contributed by atoms with Gasteiger partial charge < -0.3 is 5.73 Å². The van der Waals surface area contributed by atoms with Crippen LogP contribution in [-0.2, 0) is 6.42 Å². The van der Waals surface area contributed by atoms with Gasteiger partial charge in [0.15, 0.2) is 5.82 Å². The van der Waals surface area contributed by atoms with Gasteiger partial charge in [-0.1, -0.05) is 30.3 Å². The van der Waals surface area contributed by atoms with Crippen LogP contribution >= 0.6 is 22.6 Å². The van der Waals surface area contributed by atoms with E-state index in [4.69, 9.17) is 5.73 Å². The molecule has 1 heterocycles. The first-order chi connectivity index (χ1) is 8.16. The highest BCUT2D eigenvalue weighted by molar-refractivity contribution is 14.1. The summed E-state index contributed by atoms with van der Waals surface area (Å²) in [7, 11) is 0. The molecule has 5 heteroatoms. The van der Waals surface area contributed by atoms with Gasteiger partial charge >= 0.3 is 0 Å². The first-order valence-electron chi connectivity index (χ1n) is 5.24. The number of carbonyl (C=O) groups is 1. The van der Waals surface area contributed by atoms with Crippen molar-refractivity contribution >= 4 is 34.3 Å². The Morgan fingerprint density at radius 2 is 2.06 bits per heavy atom. The Kier molecular flexibility index (Phi) is 3.78. The maximum absolute atomic E-state index is 11.8. The molecular weight excluding hydrogens is 329 g/mol. The molecule has 0 saturated heterocycles. The second kappa shape index (κ2) is 5.31. The molecule has 0 radical (unpaired) electrons. The highest BCUT2D eigenvalue weighted by atomic mass is 127. The monoisotopic (exact) mass is 341 g/mol. The molecule has 88 valence electrons. The minimum Gasteiger partial charge on any atom is -0.381 e. The zero-order valence-corrected chi connectivity index (χ0v) is 11.3. The average molecular weight is 341 g/mol. The Morgan fingerprint density at radius 1 is 1.35 bits per heavy atom. The number of hydrogen-bond donors (Lipinski definition) is 1. The summed E-state index contributed by atoms with van der Waals surface area (Å²) in [5.41, 5.74) is 6.74. The molecule has 0 amide bonds. The summed E-state index contributed by atoms with van der Waals surface area (Å²) in [6.07, 6.45) is 2.81. The lowest BCUT2D eigenvalue weighted by molar-refractivity contribution is 0.0887. The summed E-state index contributed by atoms with van der Waals surface area (Å²) >= 11 is 2.06. The Bertz CT molecular complexity index is 502. The Balaban J connectivity index is 1.98. The second-order valence-electron chi connectivity index (χ2n) is 3.69. The van der Waals surface area contributed by atoms with E-state index in [-0.39, 0.29) is 5.91 Å². The van der Waals surface area contributed by atoms with Crippen LogP contribution in [-0.4, -0.2) is 15.7 Å². The van der Waals surface area contributed by atoms with Gasteiger partial charge in [0.05, 0.1) is 3.57 Å². The lowest BCUT2D eigenvalue weighted by atomic mass is 10.1. The lowest BCUT2D eigenvalue weighted by Gasteiger charge is -2.00. The van der Waals surface area contributed by atoms with Crippen LogP contribution in [0.4, 0.5) is 5.82 Å². The third kappa shape index (κ3) is 3.06. The van der Waals surface area contributed by atoms with Crippen molar-refractivity contribution < 1.29 is 4.79 Å². The third-order valence-corrected chi connectivity index (χ3v) is 3.25. The zero-order chi connectivity index (χ0) is 12.3. The number of nitrogens with two attached hydrogens (primary N) is 1. The largest absolute Gasteiger partial charge is 0.381 e. The molecule has 2 rings (SSSR count). The number of nitrogens with zero attached hydrogens (tertiary/aromatic N) is 2. The Hall–Kier alpha value is -1.37. The SMILES string of the molecule is Nc1nn(C(=O)CCc2ccccc2)cc1I. The average Bonchev–Trinajstić information content (AvgIpc) is 2.68. The van der Waals surface area contributed by atoms with Gasteiger partial charge in [0.2, 0.25) is 5.91 Å². The van der Waals surface area contributed by atoms with Gasteiger partial charge in [-0.25, -0.2) is 4.68 Å². The van der Waals surface area contributed by atoms with Crippen LogP contribution in [0.15, 0.2) is 36.5 Å². The molecule has 1 aromatic carbocycles. The number of carbonyl (C=O) groups excluding carboxylic acids is 1. The molecule has 0 aliphatic heterocycles. The van der Waals surface area contributed by atoms with Gasteiger partial charge in [0, 0.05) is 12.6 Å². The molecule has 0 bridgehead atoms. The third-order valence-electron chi connectivity index (χ3n) is 2.42. The van der Waals surface area contributed by atoms with Crippen LogP contribution < -0.4 is 5.73 Å². The van der Waals surface area contributed by atoms with Crippen molar-refractivity contribution in [2.24, 2.45) is 0 Å². The molecule has 0 aliphatic rings. The first-order valence-corrected chi connectivity index (χ1v) is 6.32. The van der Waals surface area contributed by atoms with E-state index in [0.29, 0.717) is 12.2 Å². The summed E-state index contributed by atoms with van der Waals surface area (Å²) in [4.78, 5) is 11.8. The van der Waals surface area contributed by atoms with Gasteiger partial charge in [-0.05, 0) is 34.6 Å². The highest BCUT2D eigenvalue weighted by Gasteiger charge is 2.09. The van der Waals surface area contributed by atoms with Crippen LogP contribution in [0.25, 0.3) is 0 Å². The standard InChI is InChI=1S/C12H12IN3O/c13-10-8-16(15-12(10)14)11(17)7-6-9-4-2-1-3-5-9/h1-5,8H,6-7H2,(H2,14,15). The Labute approximate surface area is 113 Å². The van der Waals surface area contributed by atoms with Crippen LogP contribution in [0.3, 0.4) is 0 Å². The summed E-state index contributed by atoms with van der Waals surface area (Å²) < 4.78 is 2.12. The van der Waals surface area contributed by atoms with E-state index in [2.05, 4.69) is 27.7 Å². The number of hydrogen-bond acceptors (Lipinski definition) is 3. The van der Waals surface area contributed by atoms with Gasteiger partial charge in [-0.2, -0.15) is 0 Å². The predicted octanol–water partition coefficient (Wildman–Crippen LogP) is 2.34. The van der Waals surface area contributed by atoms with Crippen molar-refractivity contribution in [1.29, 1.82) is 0 Å². The minimum absolute atomic E-state index is 0.0385. The minimum atomic E-state index is -0.0385. The molecule has 0 fully saturated rings. The van der Waals surface area contributed by atoms with Gasteiger partial charge in [0.25, 0.3) is 0 Å². The number of nitrogen functional groups attached to an aromatic ring is 1. The van der Waals surface area contributed by atoms with Crippen molar-refractivity contribution in [3.63, 3.8) is 0 Å². The van der Waals surface area contributed by atoms with Crippen LogP contribution in [0.1, 0.15) is 16.8 Å².